The Hall–Kier alpha value is -1.99. The van der Waals surface area contributed by atoms with Gasteiger partial charge in [0.2, 0.25) is 0 Å². The fourth-order valence-corrected chi connectivity index (χ4v) is 2.97. The van der Waals surface area contributed by atoms with Gasteiger partial charge in [-0.2, -0.15) is 0 Å². The van der Waals surface area contributed by atoms with Crippen LogP contribution in [-0.2, 0) is 4.74 Å². The number of ether oxygens (including phenoxy) is 1. The Bertz CT molecular complexity index is 628. The molecule has 0 saturated carbocycles. The second-order valence-electron chi connectivity index (χ2n) is 3.46. The van der Waals surface area contributed by atoms with Crippen molar-refractivity contribution >= 4 is 46.5 Å². The fraction of sp³-hybridized carbons (Fsp3) is 0.0833. The fourth-order valence-electron chi connectivity index (χ4n) is 1.40. The smallest absolute Gasteiger partial charge is 0.348 e. The van der Waals surface area contributed by atoms with Crippen LogP contribution in [0.15, 0.2) is 23.6 Å². The molecule has 0 N–H and O–H groups in total. The van der Waals surface area contributed by atoms with Gasteiger partial charge in [-0.3, -0.25) is 10.1 Å². The maximum atomic E-state index is 11.4. The molecule has 2 aromatic rings. The van der Waals surface area contributed by atoms with Crippen LogP contribution in [0.1, 0.15) is 19.4 Å². The van der Waals surface area contributed by atoms with Gasteiger partial charge in [0.25, 0.3) is 5.69 Å². The molecule has 0 spiro atoms. The van der Waals surface area contributed by atoms with Crippen molar-refractivity contribution in [2.24, 2.45) is 0 Å². The molecule has 98 valence electrons. The van der Waals surface area contributed by atoms with E-state index >= 15 is 0 Å². The highest BCUT2D eigenvalue weighted by atomic mass is 32.1. The molecule has 19 heavy (non-hydrogen) atoms. The molecule has 0 amide bonds. The van der Waals surface area contributed by atoms with Gasteiger partial charge in [-0.1, -0.05) is 6.07 Å². The first-order valence-corrected chi connectivity index (χ1v) is 6.89. The van der Waals surface area contributed by atoms with Gasteiger partial charge >= 0.3 is 5.97 Å². The minimum atomic E-state index is -0.566. The second-order valence-corrected chi connectivity index (χ2v) is 5.52. The lowest BCUT2D eigenvalue weighted by Crippen LogP contribution is -1.97. The molecular weight excluding hydrogens is 286 g/mol. The highest BCUT2D eigenvalue weighted by Crippen LogP contribution is 2.31. The molecule has 2 aromatic heterocycles. The van der Waals surface area contributed by atoms with E-state index in [4.69, 9.17) is 0 Å². The summed E-state index contributed by atoms with van der Waals surface area (Å²) in [6.45, 7) is 0. The van der Waals surface area contributed by atoms with Crippen LogP contribution in [0.5, 0.6) is 0 Å². The summed E-state index contributed by atoms with van der Waals surface area (Å²) in [6, 6.07) is 5.04. The normalized spacial score (nSPS) is 10.8. The predicted octanol–water partition coefficient (Wildman–Crippen LogP) is 3.67. The van der Waals surface area contributed by atoms with E-state index in [-0.39, 0.29) is 10.6 Å². The Morgan fingerprint density at radius 2 is 2.26 bits per heavy atom. The zero-order valence-corrected chi connectivity index (χ0v) is 11.5. The molecule has 5 nitrogen and oxygen atoms in total. The minimum Gasteiger partial charge on any atom is -0.465 e. The topological polar surface area (TPSA) is 69.4 Å². The number of rotatable bonds is 4. The summed E-state index contributed by atoms with van der Waals surface area (Å²) < 4.78 is 4.56. The SMILES string of the molecule is COC(=O)c1cc([N+](=O)[O-])c(/C=C/c2cccs2)s1. The number of methoxy groups -OCH3 is 1. The van der Waals surface area contributed by atoms with E-state index in [0.29, 0.717) is 4.88 Å². The van der Waals surface area contributed by atoms with Crippen molar-refractivity contribution in [1.82, 2.24) is 0 Å². The molecule has 0 atom stereocenters. The van der Waals surface area contributed by atoms with Gasteiger partial charge in [-0.05, 0) is 23.6 Å². The summed E-state index contributed by atoms with van der Waals surface area (Å²) in [5.74, 6) is -0.566. The second kappa shape index (κ2) is 5.77. The van der Waals surface area contributed by atoms with Crippen LogP contribution in [0, 0.1) is 10.1 Å². The summed E-state index contributed by atoms with van der Waals surface area (Å²) in [4.78, 5) is 23.5. The molecule has 7 heteroatoms. The molecule has 0 aliphatic rings. The zero-order chi connectivity index (χ0) is 13.8. The third kappa shape index (κ3) is 3.07. The average molecular weight is 295 g/mol. The van der Waals surface area contributed by atoms with Crippen molar-refractivity contribution in [2.45, 2.75) is 0 Å². The van der Waals surface area contributed by atoms with E-state index in [1.54, 1.807) is 12.2 Å². The molecule has 0 fully saturated rings. The number of nitro groups is 1. The number of thiophene rings is 2. The summed E-state index contributed by atoms with van der Waals surface area (Å²) in [5, 5.41) is 12.9. The molecule has 0 bridgehead atoms. The summed E-state index contributed by atoms with van der Waals surface area (Å²) in [7, 11) is 1.25. The highest BCUT2D eigenvalue weighted by molar-refractivity contribution is 7.15. The van der Waals surface area contributed by atoms with Crippen molar-refractivity contribution in [3.05, 3.63) is 48.3 Å². The van der Waals surface area contributed by atoms with Crippen LogP contribution >= 0.6 is 22.7 Å². The maximum Gasteiger partial charge on any atom is 0.348 e. The number of esters is 1. The van der Waals surface area contributed by atoms with Gasteiger partial charge in [-0.25, -0.2) is 4.79 Å². The van der Waals surface area contributed by atoms with Gasteiger partial charge in [-0.15, -0.1) is 22.7 Å². The van der Waals surface area contributed by atoms with E-state index in [0.717, 1.165) is 16.2 Å². The third-order valence-electron chi connectivity index (χ3n) is 2.27. The Morgan fingerprint density at radius 3 is 2.84 bits per heavy atom. The van der Waals surface area contributed by atoms with Gasteiger partial charge in [0, 0.05) is 10.9 Å². The lowest BCUT2D eigenvalue weighted by atomic mass is 10.3. The van der Waals surface area contributed by atoms with Gasteiger partial charge in [0.05, 0.1) is 12.0 Å². The summed E-state index contributed by atoms with van der Waals surface area (Å²) >= 11 is 2.57. The van der Waals surface area contributed by atoms with Crippen LogP contribution in [0.4, 0.5) is 5.69 Å². The molecule has 0 aliphatic carbocycles. The van der Waals surface area contributed by atoms with Crippen LogP contribution in [-0.4, -0.2) is 18.0 Å². The minimum absolute atomic E-state index is 0.0850. The van der Waals surface area contributed by atoms with E-state index in [9.17, 15) is 14.9 Å². The van der Waals surface area contributed by atoms with E-state index in [2.05, 4.69) is 4.74 Å². The van der Waals surface area contributed by atoms with E-state index in [1.165, 1.54) is 24.5 Å². The van der Waals surface area contributed by atoms with Crippen LogP contribution in [0.2, 0.25) is 0 Å². The van der Waals surface area contributed by atoms with Crippen molar-refractivity contribution in [2.75, 3.05) is 7.11 Å². The first-order valence-electron chi connectivity index (χ1n) is 5.20. The molecule has 0 unspecified atom stereocenters. The Labute approximate surface area is 116 Å². The molecule has 2 rings (SSSR count). The number of carbonyl (C=O) groups excluding carboxylic acids is 1. The van der Waals surface area contributed by atoms with Gasteiger partial charge in [0.1, 0.15) is 9.75 Å². The Kier molecular flexibility index (Phi) is 4.08. The van der Waals surface area contributed by atoms with Crippen molar-refractivity contribution < 1.29 is 14.5 Å². The molecule has 0 radical (unpaired) electrons. The first-order chi connectivity index (χ1) is 9.11. The summed E-state index contributed by atoms with van der Waals surface area (Å²) in [5.41, 5.74) is -0.0850. The number of carbonyl (C=O) groups is 1. The Balaban J connectivity index is 2.35. The number of hydrogen-bond acceptors (Lipinski definition) is 6. The average Bonchev–Trinajstić information content (AvgIpc) is 3.04. The predicted molar refractivity (Wildman–Crippen MR) is 75.6 cm³/mol. The largest absolute Gasteiger partial charge is 0.465 e. The lowest BCUT2D eigenvalue weighted by Gasteiger charge is -1.90. The van der Waals surface area contributed by atoms with E-state index in [1.807, 2.05) is 17.5 Å². The molecule has 2 heterocycles. The van der Waals surface area contributed by atoms with Crippen molar-refractivity contribution in [1.29, 1.82) is 0 Å². The third-order valence-corrected chi connectivity index (χ3v) is 4.17. The molecular formula is C12H9NO4S2. The van der Waals surface area contributed by atoms with E-state index < -0.39 is 10.9 Å². The number of nitrogens with zero attached hydrogens (tertiary/aromatic N) is 1. The number of hydrogen-bond donors (Lipinski definition) is 0. The van der Waals surface area contributed by atoms with Crippen molar-refractivity contribution in [3.8, 4) is 0 Å². The monoisotopic (exact) mass is 295 g/mol. The summed E-state index contributed by atoms with van der Waals surface area (Å²) in [6.07, 6.45) is 3.42. The highest BCUT2D eigenvalue weighted by Gasteiger charge is 2.21. The van der Waals surface area contributed by atoms with Gasteiger partial charge < -0.3 is 4.74 Å². The molecule has 0 aliphatic heterocycles. The molecule has 0 saturated heterocycles. The van der Waals surface area contributed by atoms with Crippen LogP contribution in [0.25, 0.3) is 12.2 Å². The molecule has 0 aromatic carbocycles. The lowest BCUT2D eigenvalue weighted by molar-refractivity contribution is -0.384. The van der Waals surface area contributed by atoms with Crippen molar-refractivity contribution in [3.63, 3.8) is 0 Å². The maximum absolute atomic E-state index is 11.4. The van der Waals surface area contributed by atoms with Crippen LogP contribution in [0.3, 0.4) is 0 Å². The quantitative estimate of drug-likeness (QED) is 0.490. The first kappa shape index (κ1) is 13.4. The standard InChI is InChI=1S/C12H9NO4S2/c1-17-12(14)11-7-9(13(15)16)10(19-11)5-4-8-3-2-6-18-8/h2-7H,1H3/b5-4+. The Morgan fingerprint density at radius 1 is 1.47 bits per heavy atom. The van der Waals surface area contributed by atoms with Crippen LogP contribution < -0.4 is 0 Å². The van der Waals surface area contributed by atoms with Gasteiger partial charge in [0.15, 0.2) is 0 Å². The zero-order valence-electron chi connectivity index (χ0n) is 9.86.